The predicted octanol–water partition coefficient (Wildman–Crippen LogP) is 1.27. The Labute approximate surface area is 127 Å². The minimum Gasteiger partial charge on any atom is -0.356 e. The van der Waals surface area contributed by atoms with Crippen molar-refractivity contribution in [2.45, 2.75) is 13.3 Å². The van der Waals surface area contributed by atoms with Crippen LogP contribution in [0.3, 0.4) is 0 Å². The summed E-state index contributed by atoms with van der Waals surface area (Å²) in [6.07, 6.45) is 2.28. The van der Waals surface area contributed by atoms with Gasteiger partial charge in [0.25, 0.3) is 5.91 Å². The molecule has 0 radical (unpaired) electrons. The maximum Gasteiger partial charge on any atom is 0.271 e. The molecule has 22 heavy (non-hydrogen) atoms. The number of hydrogen-bond donors (Lipinski definition) is 2. The van der Waals surface area contributed by atoms with Gasteiger partial charge in [-0.25, -0.2) is 9.07 Å². The summed E-state index contributed by atoms with van der Waals surface area (Å²) in [5.41, 5.74) is 0.954. The maximum absolute atomic E-state index is 12.9. The Kier molecular flexibility index (Phi) is 5.24. The molecule has 116 valence electrons. The van der Waals surface area contributed by atoms with E-state index in [0.717, 1.165) is 0 Å². The summed E-state index contributed by atoms with van der Waals surface area (Å²) >= 11 is 0. The van der Waals surface area contributed by atoms with Gasteiger partial charge in [0.05, 0.1) is 5.69 Å². The highest BCUT2D eigenvalue weighted by Crippen LogP contribution is 2.08. The molecular formula is C15H17FN4O2. The topological polar surface area (TPSA) is 76.0 Å². The van der Waals surface area contributed by atoms with Crippen LogP contribution in [0.1, 0.15) is 23.8 Å². The van der Waals surface area contributed by atoms with E-state index in [4.69, 9.17) is 0 Å². The van der Waals surface area contributed by atoms with E-state index in [0.29, 0.717) is 25.2 Å². The van der Waals surface area contributed by atoms with E-state index >= 15 is 0 Å². The first-order valence-corrected chi connectivity index (χ1v) is 6.90. The van der Waals surface area contributed by atoms with E-state index in [1.807, 2.05) is 0 Å². The second-order valence-electron chi connectivity index (χ2n) is 4.71. The van der Waals surface area contributed by atoms with Gasteiger partial charge in [-0.05, 0) is 36.8 Å². The van der Waals surface area contributed by atoms with E-state index < -0.39 is 0 Å². The van der Waals surface area contributed by atoms with Crippen molar-refractivity contribution in [3.8, 4) is 5.69 Å². The maximum atomic E-state index is 12.9. The van der Waals surface area contributed by atoms with Gasteiger partial charge in [-0.1, -0.05) is 0 Å². The van der Waals surface area contributed by atoms with E-state index in [9.17, 15) is 14.0 Å². The standard InChI is InChI=1S/C15H17FN4O2/c1-11(21)17-8-2-9-18-15(22)14-7-10-20(19-14)13-5-3-12(16)4-6-13/h3-7,10H,2,8-9H2,1H3,(H,17,21)(H,18,22). The van der Waals surface area contributed by atoms with Crippen molar-refractivity contribution in [2.24, 2.45) is 0 Å². The summed E-state index contributed by atoms with van der Waals surface area (Å²) < 4.78 is 14.4. The van der Waals surface area contributed by atoms with Gasteiger partial charge in [-0.3, -0.25) is 9.59 Å². The summed E-state index contributed by atoms with van der Waals surface area (Å²) in [5, 5.41) is 9.52. The largest absolute Gasteiger partial charge is 0.356 e. The first-order valence-electron chi connectivity index (χ1n) is 6.90. The Balaban J connectivity index is 1.86. The van der Waals surface area contributed by atoms with Gasteiger partial charge in [0.1, 0.15) is 5.82 Å². The molecule has 1 heterocycles. The second-order valence-corrected chi connectivity index (χ2v) is 4.71. The van der Waals surface area contributed by atoms with Crippen LogP contribution >= 0.6 is 0 Å². The molecule has 2 rings (SSSR count). The summed E-state index contributed by atoms with van der Waals surface area (Å²) in [5.74, 6) is -0.707. The zero-order valence-electron chi connectivity index (χ0n) is 12.2. The van der Waals surface area contributed by atoms with Gasteiger partial charge in [0.15, 0.2) is 5.69 Å². The first-order chi connectivity index (χ1) is 10.6. The van der Waals surface area contributed by atoms with Crippen molar-refractivity contribution in [3.05, 3.63) is 48.0 Å². The normalized spacial score (nSPS) is 10.3. The van der Waals surface area contributed by atoms with Gasteiger partial charge < -0.3 is 10.6 Å². The molecule has 2 N–H and O–H groups in total. The van der Waals surface area contributed by atoms with Gasteiger partial charge in [-0.2, -0.15) is 5.10 Å². The van der Waals surface area contributed by atoms with Gasteiger partial charge in [-0.15, -0.1) is 0 Å². The molecule has 1 aromatic heterocycles. The SMILES string of the molecule is CC(=O)NCCCNC(=O)c1ccn(-c2ccc(F)cc2)n1. The highest BCUT2D eigenvalue weighted by Gasteiger charge is 2.09. The van der Waals surface area contributed by atoms with Crippen molar-refractivity contribution >= 4 is 11.8 Å². The molecule has 6 nitrogen and oxygen atoms in total. The number of hydrogen-bond acceptors (Lipinski definition) is 3. The number of amides is 2. The molecule has 0 bridgehead atoms. The molecule has 0 aliphatic rings. The molecule has 0 spiro atoms. The average Bonchev–Trinajstić information content (AvgIpc) is 2.97. The van der Waals surface area contributed by atoms with E-state index in [1.165, 1.54) is 23.7 Å². The zero-order valence-corrected chi connectivity index (χ0v) is 12.2. The smallest absolute Gasteiger partial charge is 0.271 e. The monoisotopic (exact) mass is 304 g/mol. The Morgan fingerprint density at radius 2 is 1.82 bits per heavy atom. The van der Waals surface area contributed by atoms with Crippen molar-refractivity contribution in [3.63, 3.8) is 0 Å². The number of carbonyl (C=O) groups is 2. The number of aromatic nitrogens is 2. The van der Waals surface area contributed by atoms with Crippen LogP contribution in [0.2, 0.25) is 0 Å². The van der Waals surface area contributed by atoms with Crippen molar-refractivity contribution in [1.29, 1.82) is 0 Å². The second kappa shape index (κ2) is 7.35. The molecule has 0 saturated heterocycles. The molecular weight excluding hydrogens is 287 g/mol. The van der Waals surface area contributed by atoms with Crippen molar-refractivity contribution < 1.29 is 14.0 Å². The number of carbonyl (C=O) groups excluding carboxylic acids is 2. The molecule has 2 amide bonds. The fourth-order valence-electron chi connectivity index (χ4n) is 1.83. The number of nitrogens with one attached hydrogen (secondary N) is 2. The van der Waals surface area contributed by atoms with Crippen LogP contribution in [0.25, 0.3) is 5.69 Å². The lowest BCUT2D eigenvalue weighted by Gasteiger charge is -2.04. The van der Waals surface area contributed by atoms with Gasteiger partial charge >= 0.3 is 0 Å². The summed E-state index contributed by atoms with van der Waals surface area (Å²) in [4.78, 5) is 22.6. The first kappa shape index (κ1) is 15.7. The third kappa shape index (κ3) is 4.41. The van der Waals surface area contributed by atoms with E-state index in [1.54, 1.807) is 24.4 Å². The van der Waals surface area contributed by atoms with Crippen LogP contribution in [0.15, 0.2) is 36.5 Å². The molecule has 7 heteroatoms. The predicted molar refractivity (Wildman–Crippen MR) is 79.2 cm³/mol. The molecule has 0 atom stereocenters. The lowest BCUT2D eigenvalue weighted by Crippen LogP contribution is -2.29. The third-order valence-electron chi connectivity index (χ3n) is 2.93. The summed E-state index contributed by atoms with van der Waals surface area (Å²) in [6.45, 7) is 2.41. The summed E-state index contributed by atoms with van der Waals surface area (Å²) in [7, 11) is 0. The van der Waals surface area contributed by atoms with Crippen LogP contribution in [-0.4, -0.2) is 34.7 Å². The minimum absolute atomic E-state index is 0.0932. The molecule has 0 aliphatic heterocycles. The fourth-order valence-corrected chi connectivity index (χ4v) is 1.83. The highest BCUT2D eigenvalue weighted by atomic mass is 19.1. The van der Waals surface area contributed by atoms with Crippen molar-refractivity contribution in [1.82, 2.24) is 20.4 Å². The van der Waals surface area contributed by atoms with E-state index in [2.05, 4.69) is 15.7 Å². The van der Waals surface area contributed by atoms with Crippen LogP contribution in [0.5, 0.6) is 0 Å². The number of rotatable bonds is 6. The number of halogens is 1. The molecule has 2 aromatic rings. The average molecular weight is 304 g/mol. The lowest BCUT2D eigenvalue weighted by molar-refractivity contribution is -0.118. The minimum atomic E-state index is -0.326. The Hall–Kier alpha value is -2.70. The van der Waals surface area contributed by atoms with Crippen LogP contribution in [0.4, 0.5) is 4.39 Å². The quantitative estimate of drug-likeness (QED) is 0.789. The highest BCUT2D eigenvalue weighted by molar-refractivity contribution is 5.92. The molecule has 0 fully saturated rings. The van der Waals surface area contributed by atoms with Gasteiger partial charge in [0.2, 0.25) is 5.91 Å². The third-order valence-corrected chi connectivity index (χ3v) is 2.93. The number of benzene rings is 1. The molecule has 0 saturated carbocycles. The van der Waals surface area contributed by atoms with Crippen LogP contribution < -0.4 is 10.6 Å². The molecule has 0 aliphatic carbocycles. The number of nitrogens with zero attached hydrogens (tertiary/aromatic N) is 2. The Bertz CT molecular complexity index is 652. The zero-order chi connectivity index (χ0) is 15.9. The Morgan fingerprint density at radius 1 is 1.14 bits per heavy atom. The summed E-state index contributed by atoms with van der Waals surface area (Å²) in [6, 6.07) is 7.42. The van der Waals surface area contributed by atoms with Crippen molar-refractivity contribution in [2.75, 3.05) is 13.1 Å². The Morgan fingerprint density at radius 3 is 2.50 bits per heavy atom. The van der Waals surface area contributed by atoms with Gasteiger partial charge in [0, 0.05) is 26.2 Å². The molecule has 1 aromatic carbocycles. The fraction of sp³-hybridized carbons (Fsp3) is 0.267. The lowest BCUT2D eigenvalue weighted by atomic mass is 10.3. The molecule has 0 unspecified atom stereocenters. The van der Waals surface area contributed by atoms with Crippen LogP contribution in [0, 0.1) is 5.82 Å². The van der Waals surface area contributed by atoms with Crippen LogP contribution in [-0.2, 0) is 4.79 Å². The van der Waals surface area contributed by atoms with E-state index in [-0.39, 0.29) is 23.3 Å².